The second-order valence-corrected chi connectivity index (χ2v) is 5.76. The molecule has 10 nitrogen and oxygen atoms in total. The zero-order valence-corrected chi connectivity index (χ0v) is 14.3. The Labute approximate surface area is 149 Å². The van der Waals surface area contributed by atoms with Gasteiger partial charge in [0.1, 0.15) is 11.9 Å². The minimum absolute atomic E-state index is 0.00199. The Balaban J connectivity index is 2.08. The van der Waals surface area contributed by atoms with Crippen LogP contribution in [-0.2, 0) is 9.47 Å². The smallest absolute Gasteiger partial charge is 0.393 e. The number of nitro groups is 1. The number of hydrogen-bond donors (Lipinski definition) is 0. The zero-order chi connectivity index (χ0) is 18.8. The van der Waals surface area contributed by atoms with Gasteiger partial charge in [-0.15, -0.1) is 0 Å². The van der Waals surface area contributed by atoms with Gasteiger partial charge in [-0.1, -0.05) is 11.3 Å². The van der Waals surface area contributed by atoms with Crippen LogP contribution in [0.1, 0.15) is 20.7 Å². The first kappa shape index (κ1) is 17.4. The van der Waals surface area contributed by atoms with E-state index in [0.717, 1.165) is 0 Å². The molecule has 1 aromatic carbocycles. The normalized spacial score (nSPS) is 10.5. The zero-order valence-electron chi connectivity index (χ0n) is 13.5. The number of ether oxygens (including phenoxy) is 3. The van der Waals surface area contributed by atoms with E-state index in [1.165, 1.54) is 54.4 Å². The molecular formula is C15H11N3O7S. The summed E-state index contributed by atoms with van der Waals surface area (Å²) >= 11 is 1.19. The molecule has 0 aliphatic rings. The van der Waals surface area contributed by atoms with Gasteiger partial charge in [0.05, 0.1) is 25.3 Å². The number of imidazole rings is 1. The molecular weight excluding hydrogens is 366 g/mol. The van der Waals surface area contributed by atoms with E-state index >= 15 is 0 Å². The third kappa shape index (κ3) is 3.07. The molecule has 2 aromatic heterocycles. The van der Waals surface area contributed by atoms with Crippen molar-refractivity contribution in [1.82, 2.24) is 9.38 Å². The molecule has 3 aromatic rings. The van der Waals surface area contributed by atoms with Gasteiger partial charge < -0.3 is 24.3 Å². The molecule has 0 saturated heterocycles. The molecule has 2 heterocycles. The average Bonchev–Trinajstić information content (AvgIpc) is 3.20. The number of thiazole rings is 1. The summed E-state index contributed by atoms with van der Waals surface area (Å²) in [5, 5.41) is 13.0. The van der Waals surface area contributed by atoms with Gasteiger partial charge in [0, 0.05) is 5.38 Å². The van der Waals surface area contributed by atoms with E-state index in [1.807, 2.05) is 0 Å². The molecule has 0 spiro atoms. The molecule has 26 heavy (non-hydrogen) atoms. The summed E-state index contributed by atoms with van der Waals surface area (Å²) in [6, 6.07) is 3.84. The number of rotatable bonds is 5. The minimum Gasteiger partial charge on any atom is -0.465 e. The molecule has 0 aliphatic heterocycles. The number of carbonyl (C=O) groups excluding carboxylic acids is 2. The van der Waals surface area contributed by atoms with Gasteiger partial charge in [0.25, 0.3) is 4.96 Å². The van der Waals surface area contributed by atoms with Gasteiger partial charge in [-0.3, -0.25) is 0 Å². The summed E-state index contributed by atoms with van der Waals surface area (Å²) in [6.07, 6.45) is 1.49. The van der Waals surface area contributed by atoms with Crippen molar-refractivity contribution in [2.45, 2.75) is 0 Å². The SMILES string of the molecule is COC(=O)c1cc(Oc2nc3sccn3c2[N+](=O)[O-])cc(C(=O)OC)c1. The Bertz CT molecular complexity index is 989. The molecule has 0 amide bonds. The predicted octanol–water partition coefficient (Wildman–Crippen LogP) is 2.67. The molecule has 0 N–H and O–H groups in total. The number of nitrogens with zero attached hydrogens (tertiary/aromatic N) is 3. The molecule has 134 valence electrons. The lowest BCUT2D eigenvalue weighted by atomic mass is 10.1. The second-order valence-electron chi connectivity index (χ2n) is 4.88. The number of carbonyl (C=O) groups is 2. The summed E-state index contributed by atoms with van der Waals surface area (Å²) in [5.41, 5.74) is 0.0446. The van der Waals surface area contributed by atoms with Crippen molar-refractivity contribution in [3.8, 4) is 11.6 Å². The molecule has 3 rings (SSSR count). The first-order chi connectivity index (χ1) is 12.4. The van der Waals surface area contributed by atoms with Crippen molar-refractivity contribution < 1.29 is 28.7 Å². The van der Waals surface area contributed by atoms with Crippen molar-refractivity contribution >= 4 is 34.1 Å². The molecule has 0 atom stereocenters. The maximum absolute atomic E-state index is 11.8. The fourth-order valence-corrected chi connectivity index (χ4v) is 2.93. The van der Waals surface area contributed by atoms with Gasteiger partial charge in [-0.25, -0.2) is 9.59 Å². The average molecular weight is 377 g/mol. The van der Waals surface area contributed by atoms with Crippen LogP contribution < -0.4 is 4.74 Å². The Morgan fingerprint density at radius 3 is 2.31 bits per heavy atom. The van der Waals surface area contributed by atoms with Crippen LogP contribution in [0, 0.1) is 10.1 Å². The highest BCUT2D eigenvalue weighted by Crippen LogP contribution is 2.34. The monoisotopic (exact) mass is 377 g/mol. The predicted molar refractivity (Wildman–Crippen MR) is 88.9 cm³/mol. The maximum atomic E-state index is 11.8. The summed E-state index contributed by atoms with van der Waals surface area (Å²) in [5.74, 6) is -2.05. The highest BCUT2D eigenvalue weighted by molar-refractivity contribution is 7.15. The fraction of sp³-hybridized carbons (Fsp3) is 0.133. The van der Waals surface area contributed by atoms with Crippen LogP contribution in [0.15, 0.2) is 29.8 Å². The maximum Gasteiger partial charge on any atom is 0.393 e. The van der Waals surface area contributed by atoms with Crippen LogP contribution in [0.3, 0.4) is 0 Å². The third-order valence-corrected chi connectivity index (χ3v) is 4.10. The first-order valence-corrected chi connectivity index (χ1v) is 7.92. The van der Waals surface area contributed by atoms with E-state index in [4.69, 9.17) is 4.74 Å². The van der Waals surface area contributed by atoms with Crippen molar-refractivity contribution in [2.75, 3.05) is 14.2 Å². The Hall–Kier alpha value is -3.47. The van der Waals surface area contributed by atoms with Gasteiger partial charge in [-0.2, -0.15) is 9.38 Å². The summed E-state index contributed by atoms with van der Waals surface area (Å²) in [6.45, 7) is 0. The summed E-state index contributed by atoms with van der Waals surface area (Å²) in [7, 11) is 2.37. The topological polar surface area (TPSA) is 122 Å². The van der Waals surface area contributed by atoms with Gasteiger partial charge in [-0.05, 0) is 23.1 Å². The molecule has 0 bridgehead atoms. The van der Waals surface area contributed by atoms with Crippen LogP contribution in [0.5, 0.6) is 11.6 Å². The van der Waals surface area contributed by atoms with Gasteiger partial charge in [0.2, 0.25) is 0 Å². The second kappa shape index (κ2) is 6.80. The summed E-state index contributed by atoms with van der Waals surface area (Å²) < 4.78 is 16.0. The van der Waals surface area contributed by atoms with Crippen LogP contribution >= 0.6 is 11.3 Å². The molecule has 0 radical (unpaired) electrons. The van der Waals surface area contributed by atoms with E-state index < -0.39 is 16.9 Å². The van der Waals surface area contributed by atoms with E-state index in [0.29, 0.717) is 4.96 Å². The van der Waals surface area contributed by atoms with Crippen molar-refractivity contribution in [1.29, 1.82) is 0 Å². The largest absolute Gasteiger partial charge is 0.465 e. The number of methoxy groups -OCH3 is 2. The van der Waals surface area contributed by atoms with Gasteiger partial charge in [0.15, 0.2) is 0 Å². The molecule has 0 aliphatic carbocycles. The van der Waals surface area contributed by atoms with E-state index in [2.05, 4.69) is 14.5 Å². The van der Waals surface area contributed by atoms with E-state index in [1.54, 1.807) is 5.38 Å². The number of fused-ring (bicyclic) bond motifs is 1. The van der Waals surface area contributed by atoms with Crippen molar-refractivity contribution in [3.63, 3.8) is 0 Å². The van der Waals surface area contributed by atoms with Crippen LogP contribution in [0.25, 0.3) is 4.96 Å². The van der Waals surface area contributed by atoms with Crippen LogP contribution in [0.4, 0.5) is 5.82 Å². The number of esters is 2. The quantitative estimate of drug-likeness (QED) is 0.378. The highest BCUT2D eigenvalue weighted by Gasteiger charge is 2.26. The van der Waals surface area contributed by atoms with E-state index in [9.17, 15) is 19.7 Å². The fourth-order valence-electron chi connectivity index (χ4n) is 2.23. The highest BCUT2D eigenvalue weighted by atomic mass is 32.1. The first-order valence-electron chi connectivity index (χ1n) is 7.04. The minimum atomic E-state index is -0.707. The Morgan fingerprint density at radius 2 is 1.77 bits per heavy atom. The standard InChI is InChI=1S/C15H11N3O7S/c1-23-13(19)8-5-9(14(20)24-2)7-10(6-8)25-11-12(18(21)22)17-3-4-26-15(17)16-11/h3-7H,1-2H3. The van der Waals surface area contributed by atoms with Crippen LogP contribution in [0.2, 0.25) is 0 Å². The van der Waals surface area contributed by atoms with Gasteiger partial charge >= 0.3 is 23.6 Å². The van der Waals surface area contributed by atoms with Crippen molar-refractivity contribution in [2.24, 2.45) is 0 Å². The van der Waals surface area contributed by atoms with E-state index in [-0.39, 0.29) is 28.6 Å². The third-order valence-electron chi connectivity index (χ3n) is 3.34. The molecule has 0 fully saturated rings. The number of aromatic nitrogens is 2. The molecule has 0 saturated carbocycles. The van der Waals surface area contributed by atoms with Crippen LogP contribution in [-0.4, -0.2) is 40.5 Å². The number of benzene rings is 1. The van der Waals surface area contributed by atoms with Crippen molar-refractivity contribution in [3.05, 3.63) is 51.0 Å². The summed E-state index contributed by atoms with van der Waals surface area (Å²) in [4.78, 5) is 38.7. The molecule has 11 heteroatoms. The lowest BCUT2D eigenvalue weighted by molar-refractivity contribution is -0.391. The Kier molecular flexibility index (Phi) is 4.54. The lowest BCUT2D eigenvalue weighted by Gasteiger charge is -2.08. The lowest BCUT2D eigenvalue weighted by Crippen LogP contribution is -2.07. The number of hydrogen-bond acceptors (Lipinski definition) is 9. The molecule has 0 unspecified atom stereocenters. The Morgan fingerprint density at radius 1 is 1.15 bits per heavy atom.